The van der Waals surface area contributed by atoms with Crippen molar-refractivity contribution >= 4 is 23.0 Å². The molecule has 0 saturated carbocycles. The molecule has 1 aromatic carbocycles. The van der Waals surface area contributed by atoms with Crippen molar-refractivity contribution in [3.8, 4) is 0 Å². The van der Waals surface area contributed by atoms with E-state index < -0.39 is 0 Å². The number of aromatic nitrogens is 1. The molecule has 0 amide bonds. The summed E-state index contributed by atoms with van der Waals surface area (Å²) in [6.07, 6.45) is 2.77. The van der Waals surface area contributed by atoms with Gasteiger partial charge in [-0.25, -0.2) is 0 Å². The van der Waals surface area contributed by atoms with E-state index in [1.807, 2.05) is 24.4 Å². The second-order valence-electron chi connectivity index (χ2n) is 6.01. The van der Waals surface area contributed by atoms with E-state index in [1.54, 1.807) is 7.11 Å². The van der Waals surface area contributed by atoms with Crippen LogP contribution in [0.2, 0.25) is 0 Å². The third-order valence-corrected chi connectivity index (χ3v) is 4.69. The van der Waals surface area contributed by atoms with Crippen LogP contribution in [0.15, 0.2) is 42.6 Å². The Kier molecular flexibility index (Phi) is 7.34. The predicted molar refractivity (Wildman–Crippen MR) is 108 cm³/mol. The van der Waals surface area contributed by atoms with Gasteiger partial charge in [0.2, 0.25) is 0 Å². The molecule has 0 saturated heterocycles. The van der Waals surface area contributed by atoms with Crippen LogP contribution in [0.5, 0.6) is 0 Å². The topological polar surface area (TPSA) is 37.4 Å². The van der Waals surface area contributed by atoms with Crippen molar-refractivity contribution < 1.29 is 4.74 Å². The maximum atomic E-state index is 5.75. The molecule has 4 nitrogen and oxygen atoms in total. The summed E-state index contributed by atoms with van der Waals surface area (Å²) in [6, 6.07) is 12.3. The highest BCUT2D eigenvalue weighted by molar-refractivity contribution is 7.80. The van der Waals surface area contributed by atoms with Gasteiger partial charge in [0.1, 0.15) is 0 Å². The van der Waals surface area contributed by atoms with Crippen LogP contribution < -0.4 is 5.32 Å². The Morgan fingerprint density at radius 1 is 1.28 bits per heavy atom. The summed E-state index contributed by atoms with van der Waals surface area (Å²) in [4.78, 5) is 6.61. The Morgan fingerprint density at radius 3 is 2.72 bits per heavy atom. The molecule has 0 spiro atoms. The van der Waals surface area contributed by atoms with E-state index >= 15 is 0 Å². The number of nitrogens with one attached hydrogen (secondary N) is 1. The van der Waals surface area contributed by atoms with Gasteiger partial charge in [0.05, 0.1) is 18.3 Å². The number of anilines is 1. The molecule has 1 aromatic heterocycles. The highest BCUT2D eigenvalue weighted by atomic mass is 32.1. The van der Waals surface area contributed by atoms with Crippen LogP contribution in [0.1, 0.15) is 36.7 Å². The second kappa shape index (κ2) is 9.49. The maximum Gasteiger partial charge on any atom is 0.174 e. The van der Waals surface area contributed by atoms with E-state index in [2.05, 4.69) is 54.2 Å². The van der Waals surface area contributed by atoms with Gasteiger partial charge in [0.15, 0.2) is 5.11 Å². The van der Waals surface area contributed by atoms with Crippen molar-refractivity contribution in [2.75, 3.05) is 25.6 Å². The highest BCUT2D eigenvalue weighted by Gasteiger charge is 2.20. The molecular weight excluding hydrogens is 330 g/mol. The monoisotopic (exact) mass is 357 g/mol. The Hall–Kier alpha value is -1.98. The van der Waals surface area contributed by atoms with E-state index in [1.165, 1.54) is 11.1 Å². The summed E-state index contributed by atoms with van der Waals surface area (Å²) in [5.74, 6) is 0. The van der Waals surface area contributed by atoms with Gasteiger partial charge < -0.3 is 15.0 Å². The van der Waals surface area contributed by atoms with Crippen molar-refractivity contribution in [3.63, 3.8) is 0 Å². The third-order valence-electron chi connectivity index (χ3n) is 4.35. The molecule has 1 atom stereocenters. The van der Waals surface area contributed by atoms with Crippen LogP contribution in [-0.4, -0.2) is 35.3 Å². The summed E-state index contributed by atoms with van der Waals surface area (Å²) in [7, 11) is 1.70. The number of aryl methyl sites for hydroxylation is 2. The van der Waals surface area contributed by atoms with Crippen molar-refractivity contribution in [1.82, 2.24) is 9.88 Å². The lowest BCUT2D eigenvalue weighted by molar-refractivity contribution is 0.164. The molecule has 2 aromatic rings. The molecule has 0 bridgehead atoms. The van der Waals surface area contributed by atoms with Crippen LogP contribution in [0.3, 0.4) is 0 Å². The number of ether oxygens (including phenoxy) is 1. The number of methoxy groups -OCH3 is 1. The first-order valence-corrected chi connectivity index (χ1v) is 9.05. The van der Waals surface area contributed by atoms with E-state index in [9.17, 15) is 0 Å². The highest BCUT2D eigenvalue weighted by Crippen LogP contribution is 2.24. The minimum Gasteiger partial charge on any atom is -0.383 e. The fraction of sp³-hybridized carbons (Fsp3) is 0.400. The Bertz CT molecular complexity index is 691. The zero-order valence-electron chi connectivity index (χ0n) is 15.5. The average molecular weight is 358 g/mol. The molecule has 0 aliphatic rings. The number of pyridine rings is 1. The molecular formula is C20H27N3OS. The molecule has 5 heteroatoms. The molecule has 1 unspecified atom stereocenters. The second-order valence-corrected chi connectivity index (χ2v) is 6.40. The lowest BCUT2D eigenvalue weighted by Crippen LogP contribution is -2.39. The van der Waals surface area contributed by atoms with Gasteiger partial charge in [-0.2, -0.15) is 0 Å². The van der Waals surface area contributed by atoms with Crippen LogP contribution in [-0.2, 0) is 11.2 Å². The minimum atomic E-state index is 0.0606. The fourth-order valence-corrected chi connectivity index (χ4v) is 3.18. The van der Waals surface area contributed by atoms with Gasteiger partial charge in [0.25, 0.3) is 0 Å². The minimum absolute atomic E-state index is 0.0606. The summed E-state index contributed by atoms with van der Waals surface area (Å²) in [5, 5.41) is 4.16. The van der Waals surface area contributed by atoms with Crippen LogP contribution in [0.25, 0.3) is 0 Å². The van der Waals surface area contributed by atoms with Crippen LogP contribution in [0.4, 0.5) is 5.69 Å². The largest absolute Gasteiger partial charge is 0.383 e. The Labute approximate surface area is 156 Å². The van der Waals surface area contributed by atoms with E-state index in [4.69, 9.17) is 17.0 Å². The van der Waals surface area contributed by atoms with Crippen molar-refractivity contribution in [1.29, 1.82) is 0 Å². The third kappa shape index (κ3) is 5.00. The first kappa shape index (κ1) is 19.3. The standard InChI is InChI=1S/C20H27N3OS/c1-5-17-10-8-9-15(2)19(17)22-20(25)23(13-14-24-4)16(3)18-11-6-7-12-21-18/h6-12,16H,5,13-14H2,1-4H3,(H,22,25). The van der Waals surface area contributed by atoms with Gasteiger partial charge in [0, 0.05) is 25.5 Å². The molecule has 1 N–H and O–H groups in total. The number of benzene rings is 1. The molecule has 0 aliphatic heterocycles. The number of thiocarbonyl (C=S) groups is 1. The first-order chi connectivity index (χ1) is 12.1. The summed E-state index contributed by atoms with van der Waals surface area (Å²) in [5.41, 5.74) is 4.55. The first-order valence-electron chi connectivity index (χ1n) is 8.64. The summed E-state index contributed by atoms with van der Waals surface area (Å²) in [6.45, 7) is 7.68. The lowest BCUT2D eigenvalue weighted by atomic mass is 10.1. The Morgan fingerprint density at radius 2 is 2.08 bits per heavy atom. The fourth-order valence-electron chi connectivity index (χ4n) is 2.82. The molecule has 0 radical (unpaired) electrons. The van der Waals surface area contributed by atoms with Gasteiger partial charge >= 0.3 is 0 Å². The van der Waals surface area contributed by atoms with E-state index in [0.717, 1.165) is 17.8 Å². The molecule has 0 fully saturated rings. The van der Waals surface area contributed by atoms with Gasteiger partial charge in [-0.1, -0.05) is 31.2 Å². The van der Waals surface area contributed by atoms with E-state index in [-0.39, 0.29) is 6.04 Å². The normalized spacial score (nSPS) is 11.8. The maximum absolute atomic E-state index is 5.75. The predicted octanol–water partition coefficient (Wildman–Crippen LogP) is 4.36. The smallest absolute Gasteiger partial charge is 0.174 e. The van der Waals surface area contributed by atoms with Crippen LogP contribution in [0, 0.1) is 6.92 Å². The summed E-state index contributed by atoms with van der Waals surface area (Å²) >= 11 is 5.75. The zero-order chi connectivity index (χ0) is 18.2. The van der Waals surface area contributed by atoms with Gasteiger partial charge in [-0.05, 0) is 55.7 Å². The number of hydrogen-bond donors (Lipinski definition) is 1. The van der Waals surface area contributed by atoms with Gasteiger partial charge in [-0.3, -0.25) is 4.98 Å². The van der Waals surface area contributed by atoms with Crippen molar-refractivity contribution in [2.45, 2.75) is 33.2 Å². The van der Waals surface area contributed by atoms with E-state index in [0.29, 0.717) is 18.3 Å². The molecule has 1 heterocycles. The van der Waals surface area contributed by atoms with Gasteiger partial charge in [-0.15, -0.1) is 0 Å². The number of para-hydroxylation sites is 1. The molecule has 0 aliphatic carbocycles. The quantitative estimate of drug-likeness (QED) is 0.745. The SMILES string of the molecule is CCc1cccc(C)c1NC(=S)N(CCOC)C(C)c1ccccn1. The molecule has 2 rings (SSSR count). The molecule has 25 heavy (non-hydrogen) atoms. The van der Waals surface area contributed by atoms with Crippen molar-refractivity contribution in [2.24, 2.45) is 0 Å². The number of rotatable bonds is 7. The Balaban J connectivity index is 2.24. The van der Waals surface area contributed by atoms with Crippen LogP contribution >= 0.6 is 12.2 Å². The molecule has 134 valence electrons. The zero-order valence-corrected chi connectivity index (χ0v) is 16.3. The number of nitrogens with zero attached hydrogens (tertiary/aromatic N) is 2. The average Bonchev–Trinajstić information content (AvgIpc) is 2.64. The summed E-state index contributed by atoms with van der Waals surface area (Å²) < 4.78 is 5.28. The lowest BCUT2D eigenvalue weighted by Gasteiger charge is -2.32. The van der Waals surface area contributed by atoms with Crippen molar-refractivity contribution in [3.05, 3.63) is 59.4 Å². The number of hydrogen-bond acceptors (Lipinski definition) is 3.